The summed E-state index contributed by atoms with van der Waals surface area (Å²) in [6.07, 6.45) is 3.67. The number of benzene rings is 1. The number of aromatic nitrogens is 2. The van der Waals surface area contributed by atoms with Crippen molar-refractivity contribution < 1.29 is 9.18 Å². The maximum atomic E-state index is 14.9. The van der Waals surface area contributed by atoms with Crippen LogP contribution in [0.15, 0.2) is 53.5 Å². The average Bonchev–Trinajstić information content (AvgIpc) is 2.80. The van der Waals surface area contributed by atoms with Gasteiger partial charge in [0, 0.05) is 55.3 Å². The fourth-order valence-corrected chi connectivity index (χ4v) is 4.50. The zero-order valence-electron chi connectivity index (χ0n) is 17.8. The lowest BCUT2D eigenvalue weighted by molar-refractivity contribution is -0.132. The van der Waals surface area contributed by atoms with Crippen molar-refractivity contribution in [2.45, 2.75) is 38.3 Å². The number of pyridine rings is 2. The predicted octanol–water partition coefficient (Wildman–Crippen LogP) is 3.48. The van der Waals surface area contributed by atoms with Gasteiger partial charge in [0.25, 0.3) is 5.56 Å². The van der Waals surface area contributed by atoms with Crippen molar-refractivity contribution in [3.63, 3.8) is 0 Å². The topological polar surface area (TPSA) is 69.3 Å². The summed E-state index contributed by atoms with van der Waals surface area (Å²) in [6.45, 7) is 3.19. The molecule has 0 aliphatic carbocycles. The molecule has 0 radical (unpaired) electrons. The zero-order valence-corrected chi connectivity index (χ0v) is 17.8. The first-order valence-corrected chi connectivity index (χ1v) is 10.7. The lowest BCUT2D eigenvalue weighted by Gasteiger charge is -2.40. The van der Waals surface area contributed by atoms with Gasteiger partial charge in [-0.15, -0.1) is 0 Å². The number of hydrogen-bond acceptors (Lipinski definition) is 4. The monoisotopic (exact) mass is 422 g/mol. The number of nitrogens with zero attached hydrogens (tertiary/aromatic N) is 3. The molecule has 1 aliphatic rings. The van der Waals surface area contributed by atoms with Crippen LogP contribution in [0.5, 0.6) is 0 Å². The van der Waals surface area contributed by atoms with Crippen LogP contribution < -0.4 is 5.56 Å². The molecule has 2 aromatic heterocycles. The quantitative estimate of drug-likeness (QED) is 0.684. The molecule has 1 unspecified atom stereocenters. The molecule has 1 aromatic carbocycles. The summed E-state index contributed by atoms with van der Waals surface area (Å²) in [5, 5.41) is 0.807. The van der Waals surface area contributed by atoms with E-state index in [0.717, 1.165) is 18.2 Å². The number of aromatic amines is 1. The van der Waals surface area contributed by atoms with Crippen LogP contribution in [-0.4, -0.2) is 51.9 Å². The number of H-pyrrole nitrogens is 1. The van der Waals surface area contributed by atoms with E-state index in [1.54, 1.807) is 24.4 Å². The molecule has 0 spiro atoms. The van der Waals surface area contributed by atoms with Gasteiger partial charge in [-0.05, 0) is 37.1 Å². The van der Waals surface area contributed by atoms with Crippen molar-refractivity contribution in [1.82, 2.24) is 19.8 Å². The van der Waals surface area contributed by atoms with E-state index >= 15 is 0 Å². The summed E-state index contributed by atoms with van der Waals surface area (Å²) < 4.78 is 14.9. The first-order chi connectivity index (χ1) is 15.0. The van der Waals surface area contributed by atoms with E-state index < -0.39 is 6.04 Å². The third kappa shape index (κ3) is 4.23. The van der Waals surface area contributed by atoms with Gasteiger partial charge in [-0.3, -0.25) is 14.5 Å². The number of rotatable bonds is 5. The Kier molecular flexibility index (Phi) is 6.13. The number of carbonyl (C=O) groups excluding carboxylic acids is 1. The highest BCUT2D eigenvalue weighted by Gasteiger charge is 2.32. The van der Waals surface area contributed by atoms with Crippen LogP contribution in [0.3, 0.4) is 0 Å². The number of amides is 1. The minimum atomic E-state index is -0.511. The molecule has 4 rings (SSSR count). The Balaban J connectivity index is 1.71. The maximum Gasteiger partial charge on any atom is 0.254 e. The average molecular weight is 423 g/mol. The number of carbonyl (C=O) groups is 1. The largest absolute Gasteiger partial charge is 0.343 e. The van der Waals surface area contributed by atoms with Gasteiger partial charge in [0.15, 0.2) is 0 Å². The third-order valence-electron chi connectivity index (χ3n) is 6.25. The van der Waals surface area contributed by atoms with E-state index in [0.29, 0.717) is 36.3 Å². The molecule has 1 fully saturated rings. The van der Waals surface area contributed by atoms with Crippen LogP contribution in [0.25, 0.3) is 11.0 Å². The Bertz CT molecular complexity index is 1140. The summed E-state index contributed by atoms with van der Waals surface area (Å²) in [6, 6.07) is 11.8. The van der Waals surface area contributed by atoms with Crippen LogP contribution in [0.4, 0.5) is 4.39 Å². The summed E-state index contributed by atoms with van der Waals surface area (Å²) in [7, 11) is 1.85. The normalized spacial score (nSPS) is 16.4. The first kappa shape index (κ1) is 21.2. The van der Waals surface area contributed by atoms with Crippen molar-refractivity contribution >= 4 is 16.9 Å². The number of likely N-dealkylation sites (tertiary alicyclic amines) is 1. The van der Waals surface area contributed by atoms with Crippen LogP contribution >= 0.6 is 0 Å². The second-order valence-corrected chi connectivity index (χ2v) is 8.04. The van der Waals surface area contributed by atoms with Gasteiger partial charge >= 0.3 is 0 Å². The van der Waals surface area contributed by atoms with Gasteiger partial charge in [-0.25, -0.2) is 9.37 Å². The number of hydrogen-bond donors (Lipinski definition) is 1. The third-order valence-corrected chi connectivity index (χ3v) is 6.25. The van der Waals surface area contributed by atoms with Crippen LogP contribution in [0.1, 0.15) is 43.4 Å². The summed E-state index contributed by atoms with van der Waals surface area (Å²) in [5.74, 6) is -0.207. The Hall–Kier alpha value is -3.06. The molecule has 1 atom stereocenters. The minimum absolute atomic E-state index is 0.127. The van der Waals surface area contributed by atoms with E-state index in [1.807, 2.05) is 37.1 Å². The molecule has 1 N–H and O–H groups in total. The minimum Gasteiger partial charge on any atom is -0.343 e. The van der Waals surface area contributed by atoms with Gasteiger partial charge in [-0.1, -0.05) is 25.1 Å². The lowest BCUT2D eigenvalue weighted by Crippen LogP contribution is -2.47. The van der Waals surface area contributed by atoms with Gasteiger partial charge < -0.3 is 9.88 Å². The van der Waals surface area contributed by atoms with Gasteiger partial charge in [-0.2, -0.15) is 0 Å². The van der Waals surface area contributed by atoms with E-state index in [4.69, 9.17) is 0 Å². The molecule has 0 saturated carbocycles. The van der Waals surface area contributed by atoms with Gasteiger partial charge in [0.2, 0.25) is 5.91 Å². The summed E-state index contributed by atoms with van der Waals surface area (Å²) >= 11 is 0. The molecule has 3 aromatic rings. The number of nitrogens with one attached hydrogen (secondary N) is 1. The van der Waals surface area contributed by atoms with E-state index in [9.17, 15) is 14.0 Å². The number of piperidine rings is 1. The van der Waals surface area contributed by atoms with Crippen molar-refractivity contribution in [3.8, 4) is 0 Å². The molecule has 1 saturated heterocycles. The maximum absolute atomic E-state index is 14.9. The van der Waals surface area contributed by atoms with E-state index in [2.05, 4.69) is 14.9 Å². The highest BCUT2D eigenvalue weighted by molar-refractivity contribution is 5.76. The van der Waals surface area contributed by atoms with E-state index in [-0.39, 0.29) is 23.3 Å². The van der Waals surface area contributed by atoms with Gasteiger partial charge in [0.05, 0.1) is 6.04 Å². The Morgan fingerprint density at radius 3 is 2.68 bits per heavy atom. The lowest BCUT2D eigenvalue weighted by atomic mass is 9.93. The van der Waals surface area contributed by atoms with Crippen LogP contribution in [0, 0.1) is 5.82 Å². The molecule has 1 aliphatic heterocycles. The Morgan fingerprint density at radius 2 is 1.97 bits per heavy atom. The second-order valence-electron chi connectivity index (χ2n) is 8.04. The highest BCUT2D eigenvalue weighted by atomic mass is 19.1. The van der Waals surface area contributed by atoms with Crippen LogP contribution in [0.2, 0.25) is 0 Å². The Morgan fingerprint density at radius 1 is 1.23 bits per heavy atom. The molecule has 162 valence electrons. The first-order valence-electron chi connectivity index (χ1n) is 10.7. The molecular formula is C24H27FN4O2. The Labute approximate surface area is 180 Å². The summed E-state index contributed by atoms with van der Waals surface area (Å²) in [5.41, 5.74) is 1.23. The van der Waals surface area contributed by atoms with Crippen molar-refractivity contribution in [3.05, 3.63) is 76.0 Å². The standard InChI is InChI=1S/C24H27FN4O2/c1-3-21(30)28(2)17-10-13-29(14-11-17)22(18-8-4-5-9-20(18)25)19-15-16-7-6-12-26-23(16)27-24(19)31/h4-9,12,15,17,22H,3,10-11,13-14H2,1-2H3,(H,26,27,31). The molecule has 3 heterocycles. The molecular weight excluding hydrogens is 395 g/mol. The highest BCUT2D eigenvalue weighted by Crippen LogP contribution is 2.32. The van der Waals surface area contributed by atoms with Crippen molar-refractivity contribution in [2.75, 3.05) is 20.1 Å². The molecule has 31 heavy (non-hydrogen) atoms. The fraction of sp³-hybridized carbons (Fsp3) is 0.375. The SMILES string of the molecule is CCC(=O)N(C)C1CCN(C(c2ccccc2F)c2cc3cccnc3[nH]c2=O)CC1. The summed E-state index contributed by atoms with van der Waals surface area (Å²) in [4.78, 5) is 36.1. The second kappa shape index (κ2) is 8.98. The number of fused-ring (bicyclic) bond motifs is 1. The number of halogens is 1. The van der Waals surface area contributed by atoms with E-state index in [1.165, 1.54) is 6.07 Å². The molecule has 7 heteroatoms. The van der Waals surface area contributed by atoms with Crippen LogP contribution in [-0.2, 0) is 4.79 Å². The molecule has 6 nitrogen and oxygen atoms in total. The smallest absolute Gasteiger partial charge is 0.254 e. The fourth-order valence-electron chi connectivity index (χ4n) is 4.50. The molecule has 1 amide bonds. The van der Waals surface area contributed by atoms with Crippen molar-refractivity contribution in [2.24, 2.45) is 0 Å². The predicted molar refractivity (Wildman–Crippen MR) is 118 cm³/mol. The van der Waals surface area contributed by atoms with Gasteiger partial charge in [0.1, 0.15) is 11.5 Å². The zero-order chi connectivity index (χ0) is 22.0. The van der Waals surface area contributed by atoms with Crippen molar-refractivity contribution in [1.29, 1.82) is 0 Å². The molecule has 0 bridgehead atoms.